The van der Waals surface area contributed by atoms with Gasteiger partial charge < -0.3 is 5.32 Å². The maximum absolute atomic E-state index is 3.83. The molecule has 4 atom stereocenters. The van der Waals surface area contributed by atoms with Crippen LogP contribution in [-0.2, 0) is 0 Å². The van der Waals surface area contributed by atoms with Gasteiger partial charge in [-0.25, -0.2) is 0 Å². The van der Waals surface area contributed by atoms with Gasteiger partial charge >= 0.3 is 0 Å². The van der Waals surface area contributed by atoms with Crippen LogP contribution in [0.5, 0.6) is 0 Å². The molecule has 19 heavy (non-hydrogen) atoms. The summed E-state index contributed by atoms with van der Waals surface area (Å²) in [5, 5.41) is 3.83. The van der Waals surface area contributed by atoms with Crippen molar-refractivity contribution >= 4 is 0 Å². The first-order valence-corrected chi connectivity index (χ1v) is 8.50. The standard InChI is InChI=1S/C17H36N2/c1-7-9-18-16-12-14(5)11-15(6)17(16)19(10-8-2)13(3)4/h13-18H,7-12H2,1-6H3. The predicted octanol–water partition coefficient (Wildman–Crippen LogP) is 3.91. The van der Waals surface area contributed by atoms with E-state index in [0.29, 0.717) is 12.1 Å². The van der Waals surface area contributed by atoms with Crippen LogP contribution in [0.2, 0.25) is 0 Å². The topological polar surface area (TPSA) is 15.3 Å². The zero-order valence-corrected chi connectivity index (χ0v) is 14.1. The molecule has 0 heterocycles. The van der Waals surface area contributed by atoms with E-state index >= 15 is 0 Å². The first-order valence-electron chi connectivity index (χ1n) is 8.50. The van der Waals surface area contributed by atoms with Crippen molar-refractivity contribution in [1.29, 1.82) is 0 Å². The molecule has 0 radical (unpaired) electrons. The summed E-state index contributed by atoms with van der Waals surface area (Å²) in [6.07, 6.45) is 5.24. The summed E-state index contributed by atoms with van der Waals surface area (Å²) in [7, 11) is 0. The molecule has 1 N–H and O–H groups in total. The lowest BCUT2D eigenvalue weighted by Crippen LogP contribution is -2.58. The van der Waals surface area contributed by atoms with Gasteiger partial charge in [0.2, 0.25) is 0 Å². The zero-order valence-electron chi connectivity index (χ0n) is 14.1. The summed E-state index contributed by atoms with van der Waals surface area (Å²) >= 11 is 0. The fraction of sp³-hybridized carbons (Fsp3) is 1.00. The van der Waals surface area contributed by atoms with E-state index in [9.17, 15) is 0 Å². The molecule has 0 aromatic rings. The molecule has 1 aliphatic carbocycles. The van der Waals surface area contributed by atoms with Crippen LogP contribution in [0.25, 0.3) is 0 Å². The van der Waals surface area contributed by atoms with Crippen molar-refractivity contribution in [2.75, 3.05) is 13.1 Å². The molecule has 2 heteroatoms. The summed E-state index contributed by atoms with van der Waals surface area (Å²) in [6.45, 7) is 16.6. The second-order valence-corrected chi connectivity index (χ2v) is 6.94. The lowest BCUT2D eigenvalue weighted by Gasteiger charge is -2.48. The Balaban J connectivity index is 2.81. The van der Waals surface area contributed by atoms with E-state index in [1.807, 2.05) is 0 Å². The highest BCUT2D eigenvalue weighted by molar-refractivity contribution is 4.94. The van der Waals surface area contributed by atoms with Crippen LogP contribution in [0.1, 0.15) is 67.2 Å². The molecule has 0 amide bonds. The Hall–Kier alpha value is -0.0800. The maximum Gasteiger partial charge on any atom is 0.0277 e. The molecule has 4 unspecified atom stereocenters. The second kappa shape index (κ2) is 8.26. The Morgan fingerprint density at radius 3 is 2.32 bits per heavy atom. The van der Waals surface area contributed by atoms with E-state index in [1.54, 1.807) is 0 Å². The van der Waals surface area contributed by atoms with Gasteiger partial charge in [-0.2, -0.15) is 0 Å². The summed E-state index contributed by atoms with van der Waals surface area (Å²) in [5.74, 6) is 1.68. The van der Waals surface area contributed by atoms with Crippen molar-refractivity contribution in [1.82, 2.24) is 10.2 Å². The maximum atomic E-state index is 3.83. The number of nitrogens with one attached hydrogen (secondary N) is 1. The third-order valence-corrected chi connectivity index (χ3v) is 4.61. The Morgan fingerprint density at radius 2 is 1.79 bits per heavy atom. The van der Waals surface area contributed by atoms with Gasteiger partial charge in [0.05, 0.1) is 0 Å². The van der Waals surface area contributed by atoms with Gasteiger partial charge in [-0.1, -0.05) is 27.7 Å². The monoisotopic (exact) mass is 268 g/mol. The minimum atomic E-state index is 0.659. The van der Waals surface area contributed by atoms with E-state index in [4.69, 9.17) is 0 Å². The van der Waals surface area contributed by atoms with Crippen LogP contribution in [-0.4, -0.2) is 36.1 Å². The summed E-state index contributed by atoms with van der Waals surface area (Å²) in [5.41, 5.74) is 0. The van der Waals surface area contributed by atoms with Crippen LogP contribution < -0.4 is 5.32 Å². The van der Waals surface area contributed by atoms with Gasteiger partial charge in [0.1, 0.15) is 0 Å². The van der Waals surface area contributed by atoms with E-state index in [0.717, 1.165) is 17.9 Å². The van der Waals surface area contributed by atoms with Gasteiger partial charge in [0.25, 0.3) is 0 Å². The number of hydrogen-bond acceptors (Lipinski definition) is 2. The zero-order chi connectivity index (χ0) is 14.4. The number of nitrogens with zero attached hydrogens (tertiary/aromatic N) is 1. The summed E-state index contributed by atoms with van der Waals surface area (Å²) in [4.78, 5) is 2.75. The molecule has 1 aliphatic rings. The molecular weight excluding hydrogens is 232 g/mol. The van der Waals surface area contributed by atoms with Crippen LogP contribution in [0, 0.1) is 11.8 Å². The van der Waals surface area contributed by atoms with Crippen LogP contribution in [0.3, 0.4) is 0 Å². The first-order chi connectivity index (χ1) is 9.01. The average Bonchev–Trinajstić information content (AvgIpc) is 2.33. The van der Waals surface area contributed by atoms with Crippen LogP contribution in [0.4, 0.5) is 0 Å². The van der Waals surface area contributed by atoms with Crippen molar-refractivity contribution in [3.63, 3.8) is 0 Å². The Bertz CT molecular complexity index is 239. The van der Waals surface area contributed by atoms with Crippen molar-refractivity contribution < 1.29 is 0 Å². The quantitative estimate of drug-likeness (QED) is 0.753. The highest BCUT2D eigenvalue weighted by Gasteiger charge is 2.37. The van der Waals surface area contributed by atoms with Gasteiger partial charge in [0.15, 0.2) is 0 Å². The molecule has 1 fully saturated rings. The van der Waals surface area contributed by atoms with Crippen LogP contribution >= 0.6 is 0 Å². The minimum Gasteiger partial charge on any atom is -0.312 e. The largest absolute Gasteiger partial charge is 0.312 e. The minimum absolute atomic E-state index is 0.659. The van der Waals surface area contributed by atoms with E-state index in [-0.39, 0.29) is 0 Å². The van der Waals surface area contributed by atoms with Gasteiger partial charge in [0, 0.05) is 18.1 Å². The molecule has 0 aromatic heterocycles. The van der Waals surface area contributed by atoms with Crippen LogP contribution in [0.15, 0.2) is 0 Å². The third kappa shape index (κ3) is 4.75. The first kappa shape index (κ1) is 17.0. The third-order valence-electron chi connectivity index (χ3n) is 4.61. The molecule has 0 aliphatic heterocycles. The SMILES string of the molecule is CCCNC1CC(C)CC(C)C1N(CCC)C(C)C. The Morgan fingerprint density at radius 1 is 1.11 bits per heavy atom. The molecule has 0 bridgehead atoms. The molecule has 1 saturated carbocycles. The van der Waals surface area contributed by atoms with Gasteiger partial charge in [-0.05, 0) is 64.5 Å². The molecule has 2 nitrogen and oxygen atoms in total. The molecule has 0 aromatic carbocycles. The van der Waals surface area contributed by atoms with Gasteiger partial charge in [-0.3, -0.25) is 4.90 Å². The Labute approximate surface area is 121 Å². The Kier molecular flexibility index (Phi) is 7.38. The fourth-order valence-electron chi connectivity index (χ4n) is 3.94. The number of rotatable bonds is 7. The van der Waals surface area contributed by atoms with Gasteiger partial charge in [-0.15, -0.1) is 0 Å². The molecular formula is C17H36N2. The van der Waals surface area contributed by atoms with E-state index < -0.39 is 0 Å². The summed E-state index contributed by atoms with van der Waals surface area (Å²) in [6, 6.07) is 2.07. The molecule has 0 saturated heterocycles. The average molecular weight is 268 g/mol. The number of hydrogen-bond donors (Lipinski definition) is 1. The van der Waals surface area contributed by atoms with Crippen molar-refractivity contribution in [2.24, 2.45) is 11.8 Å². The molecule has 1 rings (SSSR count). The molecule has 114 valence electrons. The lowest BCUT2D eigenvalue weighted by molar-refractivity contribution is 0.0397. The van der Waals surface area contributed by atoms with Crippen molar-refractivity contribution in [2.45, 2.75) is 85.4 Å². The lowest BCUT2D eigenvalue weighted by atomic mass is 9.75. The van der Waals surface area contributed by atoms with Crippen molar-refractivity contribution in [3.05, 3.63) is 0 Å². The highest BCUT2D eigenvalue weighted by Crippen LogP contribution is 2.33. The van der Waals surface area contributed by atoms with Crippen molar-refractivity contribution in [3.8, 4) is 0 Å². The predicted molar refractivity (Wildman–Crippen MR) is 85.6 cm³/mol. The van der Waals surface area contributed by atoms with E-state index in [1.165, 1.54) is 38.8 Å². The molecule has 0 spiro atoms. The summed E-state index contributed by atoms with van der Waals surface area (Å²) < 4.78 is 0. The highest BCUT2D eigenvalue weighted by atomic mass is 15.2. The van der Waals surface area contributed by atoms with E-state index in [2.05, 4.69) is 51.8 Å². The smallest absolute Gasteiger partial charge is 0.0277 e. The normalized spacial score (nSPS) is 32.2. The second-order valence-electron chi connectivity index (χ2n) is 6.94. The fourth-order valence-corrected chi connectivity index (χ4v) is 3.94.